The summed E-state index contributed by atoms with van der Waals surface area (Å²) in [7, 11) is 0. The Morgan fingerprint density at radius 1 is 1.31 bits per heavy atom. The van der Waals surface area contributed by atoms with E-state index >= 15 is 0 Å². The summed E-state index contributed by atoms with van der Waals surface area (Å²) < 4.78 is 0.953. The van der Waals surface area contributed by atoms with E-state index in [0.29, 0.717) is 0 Å². The molecule has 0 atom stereocenters. The molecule has 68 valence electrons. The molecule has 2 aromatic rings. The van der Waals surface area contributed by atoms with Gasteiger partial charge < -0.3 is 10.2 Å². The average Bonchev–Trinajstić information content (AvgIpc) is 2.43. The second-order valence-electron chi connectivity index (χ2n) is 2.76. The summed E-state index contributed by atoms with van der Waals surface area (Å²) in [6.07, 6.45) is 0. The van der Waals surface area contributed by atoms with E-state index in [2.05, 4.69) is 12.6 Å². The Labute approximate surface area is 84.9 Å². The van der Waals surface area contributed by atoms with Crippen molar-refractivity contribution in [3.05, 3.63) is 23.8 Å². The molecule has 0 saturated heterocycles. The second kappa shape index (κ2) is 3.21. The summed E-state index contributed by atoms with van der Waals surface area (Å²) in [5.41, 5.74) is 0.805. The smallest absolute Gasteiger partial charge is 0.172 e. The van der Waals surface area contributed by atoms with Gasteiger partial charge in [0.2, 0.25) is 0 Å². The average molecular weight is 212 g/mol. The normalized spacial score (nSPS) is 10.9. The first-order valence-electron chi connectivity index (χ1n) is 3.76. The summed E-state index contributed by atoms with van der Waals surface area (Å²) in [5.74, 6) is 0. The van der Waals surface area contributed by atoms with Crippen LogP contribution in [-0.4, -0.2) is 10.2 Å². The third-order valence-electron chi connectivity index (χ3n) is 1.87. The minimum Gasteiger partial charge on any atom is -0.499 e. The molecule has 13 heavy (non-hydrogen) atoms. The molecule has 1 aromatic heterocycles. The predicted octanol–water partition coefficient (Wildman–Crippen LogP) is 2.39. The highest BCUT2D eigenvalue weighted by Gasteiger charge is 2.05. The molecule has 1 heterocycles. The number of aliphatic hydroxyl groups is 1. The minimum absolute atomic E-state index is 0.0267. The number of aromatic hydroxyl groups is 1. The van der Waals surface area contributed by atoms with Gasteiger partial charge in [-0.1, -0.05) is 11.3 Å². The van der Waals surface area contributed by atoms with E-state index in [4.69, 9.17) is 5.11 Å². The molecule has 0 unspecified atom stereocenters. The first kappa shape index (κ1) is 8.87. The summed E-state index contributed by atoms with van der Waals surface area (Å²) in [4.78, 5) is 0.804. The van der Waals surface area contributed by atoms with Gasteiger partial charge in [0.15, 0.2) is 5.06 Å². The molecular weight excluding hydrogens is 204 g/mol. The number of thiol groups is 1. The van der Waals surface area contributed by atoms with Gasteiger partial charge in [-0.3, -0.25) is 0 Å². The highest BCUT2D eigenvalue weighted by atomic mass is 32.1. The van der Waals surface area contributed by atoms with E-state index in [1.807, 2.05) is 6.07 Å². The van der Waals surface area contributed by atoms with Gasteiger partial charge in [0.05, 0.1) is 6.61 Å². The molecule has 0 bridgehead atoms. The molecule has 1 aromatic carbocycles. The zero-order valence-electron chi connectivity index (χ0n) is 6.69. The number of hydrogen-bond acceptors (Lipinski definition) is 4. The molecule has 2 N–H and O–H groups in total. The lowest BCUT2D eigenvalue weighted by Gasteiger charge is -1.99. The van der Waals surface area contributed by atoms with Crippen LogP contribution in [0.25, 0.3) is 10.1 Å². The third-order valence-corrected chi connectivity index (χ3v) is 3.01. The predicted molar refractivity (Wildman–Crippen MR) is 56.7 cm³/mol. The monoisotopic (exact) mass is 212 g/mol. The first-order valence-corrected chi connectivity index (χ1v) is 5.02. The second-order valence-corrected chi connectivity index (χ2v) is 4.34. The van der Waals surface area contributed by atoms with Gasteiger partial charge in [0.25, 0.3) is 0 Å². The molecule has 4 heteroatoms. The number of fused-ring (bicyclic) bond motifs is 1. The molecule has 0 spiro atoms. The molecule has 0 aliphatic rings. The van der Waals surface area contributed by atoms with Crippen LogP contribution < -0.4 is 0 Å². The van der Waals surface area contributed by atoms with E-state index in [1.165, 1.54) is 11.3 Å². The lowest BCUT2D eigenvalue weighted by atomic mass is 10.1. The molecule has 2 rings (SSSR count). The van der Waals surface area contributed by atoms with E-state index in [0.717, 1.165) is 20.5 Å². The molecule has 0 radical (unpaired) electrons. The van der Waals surface area contributed by atoms with Crippen molar-refractivity contribution in [2.75, 3.05) is 0 Å². The van der Waals surface area contributed by atoms with Gasteiger partial charge in [-0.05, 0) is 23.8 Å². The van der Waals surface area contributed by atoms with Crippen molar-refractivity contribution in [1.29, 1.82) is 0 Å². The van der Waals surface area contributed by atoms with Crippen molar-refractivity contribution in [3.8, 4) is 5.06 Å². The van der Waals surface area contributed by atoms with Crippen LogP contribution in [0.15, 0.2) is 23.1 Å². The quantitative estimate of drug-likeness (QED) is 0.635. The van der Waals surface area contributed by atoms with Gasteiger partial charge in [-0.2, -0.15) is 0 Å². The van der Waals surface area contributed by atoms with Crippen molar-refractivity contribution >= 4 is 34.1 Å². The fraction of sp³-hybridized carbons (Fsp3) is 0.111. The highest BCUT2D eigenvalue weighted by Crippen LogP contribution is 2.34. The number of rotatable bonds is 1. The summed E-state index contributed by atoms with van der Waals surface area (Å²) in [6.45, 7) is -0.0267. The Balaban J connectivity index is 2.80. The zero-order chi connectivity index (χ0) is 9.42. The molecule has 0 aliphatic heterocycles. The van der Waals surface area contributed by atoms with Crippen LogP contribution in [0.3, 0.4) is 0 Å². The van der Waals surface area contributed by atoms with Crippen LogP contribution in [-0.2, 0) is 6.61 Å². The fourth-order valence-electron chi connectivity index (χ4n) is 1.31. The minimum atomic E-state index is -0.0267. The van der Waals surface area contributed by atoms with E-state index in [9.17, 15) is 5.11 Å². The van der Waals surface area contributed by atoms with Crippen LogP contribution in [0.2, 0.25) is 0 Å². The lowest BCUT2D eigenvalue weighted by Crippen LogP contribution is -1.83. The van der Waals surface area contributed by atoms with Crippen LogP contribution >= 0.6 is 24.0 Å². The van der Waals surface area contributed by atoms with E-state index < -0.39 is 0 Å². The maximum atomic E-state index is 9.28. The van der Waals surface area contributed by atoms with E-state index in [-0.39, 0.29) is 11.7 Å². The van der Waals surface area contributed by atoms with Crippen molar-refractivity contribution in [1.82, 2.24) is 0 Å². The van der Waals surface area contributed by atoms with Crippen LogP contribution in [0.1, 0.15) is 5.56 Å². The molecule has 0 aliphatic carbocycles. The topological polar surface area (TPSA) is 40.5 Å². The van der Waals surface area contributed by atoms with Crippen molar-refractivity contribution in [2.45, 2.75) is 11.5 Å². The van der Waals surface area contributed by atoms with Gasteiger partial charge in [0, 0.05) is 15.0 Å². The largest absolute Gasteiger partial charge is 0.499 e. The highest BCUT2D eigenvalue weighted by molar-refractivity contribution is 7.80. The Kier molecular flexibility index (Phi) is 2.19. The number of benzene rings is 1. The molecule has 0 saturated carbocycles. The SMILES string of the molecule is OCc1cc(S)cc2sc(O)cc12. The summed E-state index contributed by atoms with van der Waals surface area (Å²) in [5, 5.41) is 19.5. The molecule has 0 fully saturated rings. The maximum Gasteiger partial charge on any atom is 0.172 e. The third kappa shape index (κ3) is 1.52. The van der Waals surface area contributed by atoms with Crippen molar-refractivity contribution in [3.63, 3.8) is 0 Å². The number of thiophene rings is 1. The molecule has 0 amide bonds. The lowest BCUT2D eigenvalue weighted by molar-refractivity contribution is 0.283. The standard InChI is InChI=1S/C9H8O2S2/c10-4-5-1-6(12)2-8-7(5)3-9(11)13-8/h1-3,10-12H,4H2. The zero-order valence-corrected chi connectivity index (χ0v) is 8.40. The van der Waals surface area contributed by atoms with E-state index in [1.54, 1.807) is 12.1 Å². The van der Waals surface area contributed by atoms with Crippen LogP contribution in [0, 0.1) is 0 Å². The number of aliphatic hydroxyl groups excluding tert-OH is 1. The summed E-state index contributed by atoms with van der Waals surface area (Å²) in [6, 6.07) is 5.35. The number of hydrogen-bond donors (Lipinski definition) is 3. The van der Waals surface area contributed by atoms with Crippen molar-refractivity contribution in [2.24, 2.45) is 0 Å². The van der Waals surface area contributed by atoms with Gasteiger partial charge in [-0.25, -0.2) is 0 Å². The van der Waals surface area contributed by atoms with Crippen molar-refractivity contribution < 1.29 is 10.2 Å². The van der Waals surface area contributed by atoms with Gasteiger partial charge >= 0.3 is 0 Å². The fourth-order valence-corrected chi connectivity index (χ4v) is 2.57. The Bertz CT molecular complexity index is 448. The van der Waals surface area contributed by atoms with Crippen LogP contribution in [0.4, 0.5) is 0 Å². The Morgan fingerprint density at radius 3 is 2.77 bits per heavy atom. The maximum absolute atomic E-state index is 9.28. The molecular formula is C9H8O2S2. The molecule has 2 nitrogen and oxygen atoms in total. The van der Waals surface area contributed by atoms with Gasteiger partial charge in [0.1, 0.15) is 0 Å². The van der Waals surface area contributed by atoms with Gasteiger partial charge in [-0.15, -0.1) is 12.6 Å². The first-order chi connectivity index (χ1) is 6.20. The summed E-state index contributed by atoms with van der Waals surface area (Å²) >= 11 is 5.50. The Morgan fingerprint density at radius 2 is 2.08 bits per heavy atom. The van der Waals surface area contributed by atoms with Crippen LogP contribution in [0.5, 0.6) is 5.06 Å². The Hall–Kier alpha value is -0.710.